The summed E-state index contributed by atoms with van der Waals surface area (Å²) in [6.07, 6.45) is 6.76. The first-order valence-electron chi connectivity index (χ1n) is 10.9. The summed E-state index contributed by atoms with van der Waals surface area (Å²) in [6, 6.07) is 5.86. The molecule has 4 aromatic rings. The van der Waals surface area contributed by atoms with Crippen LogP contribution in [0.1, 0.15) is 24.1 Å². The predicted octanol–water partition coefficient (Wildman–Crippen LogP) is 1.90. The van der Waals surface area contributed by atoms with E-state index < -0.39 is 6.10 Å². The van der Waals surface area contributed by atoms with Gasteiger partial charge < -0.3 is 20.3 Å². The van der Waals surface area contributed by atoms with Crippen molar-refractivity contribution in [3.05, 3.63) is 54.4 Å². The average molecular weight is 482 g/mol. The Morgan fingerprint density at radius 3 is 2.91 bits per heavy atom. The molecular weight excluding hydrogens is 454 g/mol. The Hall–Kier alpha value is -3.28. The van der Waals surface area contributed by atoms with Gasteiger partial charge in [-0.1, -0.05) is 6.92 Å². The molecule has 0 amide bonds. The average Bonchev–Trinajstić information content (AvgIpc) is 3.49. The van der Waals surface area contributed by atoms with Crippen LogP contribution in [0.15, 0.2) is 43.1 Å². The Morgan fingerprint density at radius 1 is 1.18 bits per heavy atom. The second-order valence-corrected chi connectivity index (χ2v) is 8.14. The minimum Gasteiger partial charge on any atom is -0.491 e. The molecule has 10 nitrogen and oxygen atoms in total. The number of hydrogen-bond acceptors (Lipinski definition) is 9. The quantitative estimate of drug-likeness (QED) is 0.345. The molecule has 4 aromatic heterocycles. The maximum absolute atomic E-state index is 9.69. The third kappa shape index (κ3) is 4.81. The zero-order chi connectivity index (χ0) is 22.8. The number of nitrogens with one attached hydrogen (secondary N) is 1. The molecule has 0 radical (unpaired) electrons. The highest BCUT2D eigenvalue weighted by molar-refractivity contribution is 7.59. The Morgan fingerprint density at radius 2 is 2.06 bits per heavy atom. The van der Waals surface area contributed by atoms with E-state index in [1.807, 2.05) is 24.4 Å². The van der Waals surface area contributed by atoms with E-state index in [-0.39, 0.29) is 32.6 Å². The maximum atomic E-state index is 9.69. The first kappa shape index (κ1) is 23.9. The molecule has 0 spiro atoms. The van der Waals surface area contributed by atoms with E-state index in [0.29, 0.717) is 18.8 Å². The minimum absolute atomic E-state index is 0. The Balaban J connectivity index is 0.00000274. The summed E-state index contributed by atoms with van der Waals surface area (Å²) < 4.78 is 7.37. The second kappa shape index (κ2) is 10.3. The third-order valence-electron chi connectivity index (χ3n) is 5.75. The van der Waals surface area contributed by atoms with Crippen LogP contribution >= 0.6 is 13.5 Å². The van der Waals surface area contributed by atoms with Crippen LogP contribution in [0.5, 0.6) is 5.75 Å². The van der Waals surface area contributed by atoms with Crippen LogP contribution < -0.4 is 10.1 Å². The number of fused-ring (bicyclic) bond motifs is 2. The predicted molar refractivity (Wildman–Crippen MR) is 132 cm³/mol. The minimum atomic E-state index is -0.882. The largest absolute Gasteiger partial charge is 0.491 e. The first-order valence-corrected chi connectivity index (χ1v) is 10.9. The molecule has 1 aliphatic rings. The van der Waals surface area contributed by atoms with Crippen LogP contribution in [-0.4, -0.2) is 65.8 Å². The van der Waals surface area contributed by atoms with Gasteiger partial charge in [0.1, 0.15) is 17.9 Å². The third-order valence-corrected chi connectivity index (χ3v) is 5.75. The summed E-state index contributed by atoms with van der Waals surface area (Å²) in [5.41, 5.74) is 4.40. The highest BCUT2D eigenvalue weighted by Gasteiger charge is 2.21. The van der Waals surface area contributed by atoms with Crippen LogP contribution in [0.2, 0.25) is 0 Å². The highest BCUT2D eigenvalue weighted by atomic mass is 32.1. The standard InChI is InChI=1S/C23H25N7O3.H2S/c1-14(18-2-4-24-19-3-5-33-22(18)19)8-25-21-7-20(27-13-28-21)15-6-16-10-29-30(11-17(32)12-31)23(16)26-9-15;/h2,4,6-7,9-10,13-14,17,31-32H,3,5,8,11-12H2,1H3,(H,25,27,28);1H2/t14-,17-;/m1./s1. The molecule has 2 atom stereocenters. The summed E-state index contributed by atoms with van der Waals surface area (Å²) in [5.74, 6) is 1.86. The van der Waals surface area contributed by atoms with Gasteiger partial charge in [-0.15, -0.1) is 0 Å². The zero-order valence-electron chi connectivity index (χ0n) is 18.7. The van der Waals surface area contributed by atoms with Gasteiger partial charge in [-0.3, -0.25) is 4.98 Å². The van der Waals surface area contributed by atoms with Gasteiger partial charge in [-0.25, -0.2) is 19.6 Å². The number of anilines is 1. The Bertz CT molecular complexity index is 1280. The van der Waals surface area contributed by atoms with E-state index in [4.69, 9.17) is 9.84 Å². The molecule has 0 aromatic carbocycles. The molecule has 0 bridgehead atoms. The van der Waals surface area contributed by atoms with Gasteiger partial charge in [0, 0.05) is 53.9 Å². The van der Waals surface area contributed by atoms with Gasteiger partial charge in [-0.05, 0) is 12.1 Å². The van der Waals surface area contributed by atoms with E-state index in [1.54, 1.807) is 17.1 Å². The molecule has 34 heavy (non-hydrogen) atoms. The highest BCUT2D eigenvalue weighted by Crippen LogP contribution is 2.33. The number of aliphatic hydroxyl groups is 2. The normalized spacial score (nSPS) is 14.2. The van der Waals surface area contributed by atoms with Gasteiger partial charge in [0.2, 0.25) is 0 Å². The molecule has 0 aliphatic carbocycles. The lowest BCUT2D eigenvalue weighted by Crippen LogP contribution is -2.20. The summed E-state index contributed by atoms with van der Waals surface area (Å²) in [6.45, 7) is 3.38. The van der Waals surface area contributed by atoms with E-state index >= 15 is 0 Å². The molecule has 0 unspecified atom stereocenters. The van der Waals surface area contributed by atoms with Crippen molar-refractivity contribution >= 4 is 30.3 Å². The summed E-state index contributed by atoms with van der Waals surface area (Å²) in [4.78, 5) is 17.6. The van der Waals surface area contributed by atoms with Gasteiger partial charge in [0.25, 0.3) is 0 Å². The SMILES string of the molecule is C[C@H](CNc1cc(-c2cnc3c(cnn3C[C@@H](O)CO)c2)ncn1)c1ccnc2c1OCC2.S. The van der Waals surface area contributed by atoms with Gasteiger partial charge >= 0.3 is 0 Å². The number of aromatic nitrogens is 6. The molecule has 5 rings (SSSR count). The smallest absolute Gasteiger partial charge is 0.157 e. The summed E-state index contributed by atoms with van der Waals surface area (Å²) >= 11 is 0. The number of nitrogens with zero attached hydrogens (tertiary/aromatic N) is 6. The van der Waals surface area contributed by atoms with Crippen molar-refractivity contribution in [2.24, 2.45) is 0 Å². The van der Waals surface area contributed by atoms with Crippen LogP contribution in [0, 0.1) is 0 Å². The number of ether oxygens (including phenoxy) is 1. The second-order valence-electron chi connectivity index (χ2n) is 8.14. The first-order chi connectivity index (χ1) is 16.1. The molecule has 3 N–H and O–H groups in total. The number of pyridine rings is 2. The number of rotatable bonds is 8. The summed E-state index contributed by atoms with van der Waals surface area (Å²) in [5, 5.41) is 27.2. The Kier molecular flexibility index (Phi) is 7.25. The van der Waals surface area contributed by atoms with E-state index in [2.05, 4.69) is 37.3 Å². The Labute approximate surface area is 203 Å². The number of hydrogen-bond donors (Lipinski definition) is 3. The molecule has 0 saturated heterocycles. The number of aliphatic hydroxyl groups excluding tert-OH is 2. The molecule has 11 heteroatoms. The molecule has 0 fully saturated rings. The van der Waals surface area contributed by atoms with Gasteiger partial charge in [0.15, 0.2) is 5.65 Å². The van der Waals surface area contributed by atoms with Crippen molar-refractivity contribution in [3.63, 3.8) is 0 Å². The van der Waals surface area contributed by atoms with Crippen molar-refractivity contribution in [1.29, 1.82) is 0 Å². The van der Waals surface area contributed by atoms with Crippen LogP contribution in [0.3, 0.4) is 0 Å². The van der Waals surface area contributed by atoms with Crippen LogP contribution in [0.25, 0.3) is 22.3 Å². The van der Waals surface area contributed by atoms with Crippen molar-refractivity contribution in [2.75, 3.05) is 25.1 Å². The lowest BCUT2D eigenvalue weighted by Gasteiger charge is -2.16. The van der Waals surface area contributed by atoms with Crippen LogP contribution in [-0.2, 0) is 13.0 Å². The van der Waals surface area contributed by atoms with E-state index in [9.17, 15) is 5.11 Å². The topological polar surface area (TPSA) is 131 Å². The van der Waals surface area contributed by atoms with E-state index in [0.717, 1.165) is 45.9 Å². The molecular formula is C23H27N7O3S. The van der Waals surface area contributed by atoms with Crippen molar-refractivity contribution in [1.82, 2.24) is 29.7 Å². The summed E-state index contributed by atoms with van der Waals surface area (Å²) in [7, 11) is 0. The molecule has 178 valence electrons. The van der Waals surface area contributed by atoms with Crippen molar-refractivity contribution in [3.8, 4) is 17.0 Å². The fraction of sp³-hybridized carbons (Fsp3) is 0.348. The van der Waals surface area contributed by atoms with E-state index in [1.165, 1.54) is 6.33 Å². The monoisotopic (exact) mass is 481 g/mol. The van der Waals surface area contributed by atoms with Gasteiger partial charge in [0.05, 0.1) is 43.4 Å². The maximum Gasteiger partial charge on any atom is 0.157 e. The van der Waals surface area contributed by atoms with Crippen molar-refractivity contribution in [2.45, 2.75) is 31.9 Å². The van der Waals surface area contributed by atoms with Gasteiger partial charge in [-0.2, -0.15) is 18.6 Å². The van der Waals surface area contributed by atoms with Crippen molar-refractivity contribution < 1.29 is 14.9 Å². The zero-order valence-corrected chi connectivity index (χ0v) is 19.7. The lowest BCUT2D eigenvalue weighted by molar-refractivity contribution is 0.0792. The molecule has 1 aliphatic heterocycles. The lowest BCUT2D eigenvalue weighted by atomic mass is 10.00. The van der Waals surface area contributed by atoms with Crippen LogP contribution in [0.4, 0.5) is 5.82 Å². The molecule has 0 saturated carbocycles. The fourth-order valence-electron chi connectivity index (χ4n) is 3.97. The fourth-order valence-corrected chi connectivity index (χ4v) is 3.97. The molecule has 5 heterocycles.